The van der Waals surface area contributed by atoms with Gasteiger partial charge in [0.1, 0.15) is 5.70 Å². The normalized spacial score (nSPS) is 10.8. The number of non-ortho nitro benzene ring substituents is 1. The van der Waals surface area contributed by atoms with Crippen LogP contribution in [0.3, 0.4) is 0 Å². The highest BCUT2D eigenvalue weighted by Crippen LogP contribution is 2.17. The molecule has 0 unspecified atom stereocenters. The van der Waals surface area contributed by atoms with Crippen LogP contribution in [-0.2, 0) is 9.53 Å². The molecule has 0 aromatic heterocycles. The maximum atomic E-state index is 12.2. The van der Waals surface area contributed by atoms with Gasteiger partial charge >= 0.3 is 5.97 Å². The fourth-order valence-electron chi connectivity index (χ4n) is 1.89. The van der Waals surface area contributed by atoms with Crippen molar-refractivity contribution in [1.29, 1.82) is 0 Å². The number of methoxy groups -OCH3 is 1. The number of nitrogens with zero attached hydrogens (tertiary/aromatic N) is 1. The third-order valence-electron chi connectivity index (χ3n) is 3.10. The van der Waals surface area contributed by atoms with Crippen molar-refractivity contribution in [3.63, 3.8) is 0 Å². The van der Waals surface area contributed by atoms with E-state index in [1.54, 1.807) is 30.3 Å². The standard InChI is InChI=1S/C17H14N2O5/c1-24-17(21)15(11-16(20)12-5-3-2-4-6-12)18-13-7-9-14(10-8-13)19(22)23/h2-11,18H,1H3/b15-11+. The minimum atomic E-state index is -0.724. The van der Waals surface area contributed by atoms with Crippen LogP contribution >= 0.6 is 0 Å². The summed E-state index contributed by atoms with van der Waals surface area (Å²) in [7, 11) is 1.20. The lowest BCUT2D eigenvalue weighted by Crippen LogP contribution is -2.15. The van der Waals surface area contributed by atoms with Crippen LogP contribution in [0, 0.1) is 10.1 Å². The molecule has 0 radical (unpaired) electrons. The highest BCUT2D eigenvalue weighted by molar-refractivity contribution is 6.09. The van der Waals surface area contributed by atoms with Crippen LogP contribution in [0.1, 0.15) is 10.4 Å². The Balaban J connectivity index is 2.25. The molecule has 0 aliphatic rings. The van der Waals surface area contributed by atoms with E-state index >= 15 is 0 Å². The second-order valence-electron chi connectivity index (χ2n) is 4.71. The van der Waals surface area contributed by atoms with Crippen LogP contribution in [-0.4, -0.2) is 23.8 Å². The van der Waals surface area contributed by atoms with Crippen molar-refractivity contribution in [3.05, 3.63) is 82.0 Å². The Labute approximate surface area is 137 Å². The lowest BCUT2D eigenvalue weighted by Gasteiger charge is -2.09. The highest BCUT2D eigenvalue weighted by atomic mass is 16.6. The molecule has 0 spiro atoms. The molecule has 0 heterocycles. The number of ether oxygens (including phenoxy) is 1. The second-order valence-corrected chi connectivity index (χ2v) is 4.71. The Morgan fingerprint density at radius 3 is 2.25 bits per heavy atom. The van der Waals surface area contributed by atoms with Gasteiger partial charge in [-0.3, -0.25) is 14.9 Å². The number of nitrogens with one attached hydrogen (secondary N) is 1. The van der Waals surface area contributed by atoms with Gasteiger partial charge in [0.2, 0.25) is 0 Å². The summed E-state index contributed by atoms with van der Waals surface area (Å²) in [5, 5.41) is 13.4. The predicted molar refractivity (Wildman–Crippen MR) is 87.6 cm³/mol. The van der Waals surface area contributed by atoms with Crippen LogP contribution < -0.4 is 5.32 Å². The molecule has 0 aliphatic carbocycles. The van der Waals surface area contributed by atoms with Gasteiger partial charge in [-0.15, -0.1) is 0 Å². The fraction of sp³-hybridized carbons (Fsp3) is 0.0588. The van der Waals surface area contributed by atoms with E-state index in [2.05, 4.69) is 10.1 Å². The van der Waals surface area contributed by atoms with Gasteiger partial charge < -0.3 is 10.1 Å². The molecule has 0 atom stereocenters. The van der Waals surface area contributed by atoms with Crippen LogP contribution in [0.2, 0.25) is 0 Å². The van der Waals surface area contributed by atoms with Gasteiger partial charge in [-0.25, -0.2) is 4.79 Å². The molecule has 2 aromatic rings. The van der Waals surface area contributed by atoms with E-state index in [-0.39, 0.29) is 17.2 Å². The van der Waals surface area contributed by atoms with Crippen molar-refractivity contribution in [1.82, 2.24) is 0 Å². The number of allylic oxidation sites excluding steroid dienone is 1. The van der Waals surface area contributed by atoms with E-state index in [1.807, 2.05) is 0 Å². The Kier molecular flexibility index (Phi) is 5.40. The van der Waals surface area contributed by atoms with Crippen molar-refractivity contribution in [2.24, 2.45) is 0 Å². The Bertz CT molecular complexity index is 782. The average Bonchev–Trinajstić information content (AvgIpc) is 2.61. The number of esters is 1. The first-order valence-corrected chi connectivity index (χ1v) is 6.92. The number of anilines is 1. The quantitative estimate of drug-likeness (QED) is 0.288. The molecule has 0 amide bonds. The minimum Gasteiger partial charge on any atom is -0.464 e. The number of hydrogen-bond acceptors (Lipinski definition) is 6. The Hall–Kier alpha value is -3.48. The van der Waals surface area contributed by atoms with Gasteiger partial charge in [0.15, 0.2) is 5.78 Å². The summed E-state index contributed by atoms with van der Waals surface area (Å²) in [6.45, 7) is 0. The molecule has 7 heteroatoms. The fourth-order valence-corrected chi connectivity index (χ4v) is 1.89. The van der Waals surface area contributed by atoms with E-state index in [0.29, 0.717) is 11.3 Å². The predicted octanol–water partition coefficient (Wildman–Crippen LogP) is 2.95. The van der Waals surface area contributed by atoms with E-state index in [4.69, 9.17) is 0 Å². The van der Waals surface area contributed by atoms with Crippen LogP contribution in [0.4, 0.5) is 11.4 Å². The zero-order valence-electron chi connectivity index (χ0n) is 12.8. The second kappa shape index (κ2) is 7.68. The van der Waals surface area contributed by atoms with Crippen LogP contribution in [0.25, 0.3) is 0 Å². The van der Waals surface area contributed by atoms with Gasteiger partial charge in [0.05, 0.1) is 12.0 Å². The molecule has 0 fully saturated rings. The van der Waals surface area contributed by atoms with Crippen LogP contribution in [0.15, 0.2) is 66.4 Å². The lowest BCUT2D eigenvalue weighted by atomic mass is 10.1. The molecule has 122 valence electrons. The number of carbonyl (C=O) groups excluding carboxylic acids is 2. The van der Waals surface area contributed by atoms with Gasteiger partial charge in [0.25, 0.3) is 5.69 Å². The van der Waals surface area contributed by atoms with Gasteiger partial charge in [-0.05, 0) is 12.1 Å². The summed E-state index contributed by atoms with van der Waals surface area (Å²) in [5.41, 5.74) is 0.687. The maximum absolute atomic E-state index is 12.2. The van der Waals surface area contributed by atoms with E-state index < -0.39 is 10.9 Å². The topological polar surface area (TPSA) is 98.5 Å². The molecule has 0 saturated carbocycles. The monoisotopic (exact) mass is 326 g/mol. The molecule has 2 aromatic carbocycles. The van der Waals surface area contributed by atoms with Crippen molar-refractivity contribution in [3.8, 4) is 0 Å². The first kappa shape index (κ1) is 16.9. The van der Waals surface area contributed by atoms with E-state index in [1.165, 1.54) is 31.4 Å². The minimum absolute atomic E-state index is 0.0693. The average molecular weight is 326 g/mol. The van der Waals surface area contributed by atoms with Crippen molar-refractivity contribution in [2.75, 3.05) is 12.4 Å². The summed E-state index contributed by atoms with van der Waals surface area (Å²) < 4.78 is 4.65. The molecule has 0 saturated heterocycles. The lowest BCUT2D eigenvalue weighted by molar-refractivity contribution is -0.384. The van der Waals surface area contributed by atoms with Crippen LogP contribution in [0.5, 0.6) is 0 Å². The molecule has 1 N–H and O–H groups in total. The summed E-state index contributed by atoms with van der Waals surface area (Å²) in [6, 6.07) is 13.9. The molecular formula is C17H14N2O5. The SMILES string of the molecule is COC(=O)/C(=C\C(=O)c1ccccc1)Nc1ccc([N+](=O)[O-])cc1. The summed E-state index contributed by atoms with van der Waals surface area (Å²) in [6.07, 6.45) is 1.13. The van der Waals surface area contributed by atoms with Gasteiger partial charge in [-0.1, -0.05) is 30.3 Å². The number of ketones is 1. The number of nitro groups is 1. The Morgan fingerprint density at radius 2 is 1.71 bits per heavy atom. The van der Waals surface area contributed by atoms with E-state index in [9.17, 15) is 19.7 Å². The molecular weight excluding hydrogens is 312 g/mol. The number of hydrogen-bond donors (Lipinski definition) is 1. The van der Waals surface area contributed by atoms with Crippen molar-refractivity contribution >= 4 is 23.1 Å². The molecule has 0 aliphatic heterocycles. The smallest absolute Gasteiger partial charge is 0.354 e. The third-order valence-corrected chi connectivity index (χ3v) is 3.10. The first-order chi connectivity index (χ1) is 11.5. The molecule has 0 bridgehead atoms. The zero-order chi connectivity index (χ0) is 17.5. The maximum Gasteiger partial charge on any atom is 0.354 e. The summed E-state index contributed by atoms with van der Waals surface area (Å²) >= 11 is 0. The number of nitro benzene ring substituents is 1. The number of carbonyl (C=O) groups is 2. The highest BCUT2D eigenvalue weighted by Gasteiger charge is 2.14. The molecule has 2 rings (SSSR count). The van der Waals surface area contributed by atoms with Crippen molar-refractivity contribution < 1.29 is 19.2 Å². The zero-order valence-corrected chi connectivity index (χ0v) is 12.8. The third kappa shape index (κ3) is 4.26. The molecule has 7 nitrogen and oxygen atoms in total. The van der Waals surface area contributed by atoms with E-state index in [0.717, 1.165) is 6.08 Å². The number of benzene rings is 2. The first-order valence-electron chi connectivity index (χ1n) is 6.92. The van der Waals surface area contributed by atoms with Gasteiger partial charge in [-0.2, -0.15) is 0 Å². The summed E-state index contributed by atoms with van der Waals surface area (Å²) in [4.78, 5) is 34.2. The largest absolute Gasteiger partial charge is 0.464 e. The Morgan fingerprint density at radius 1 is 1.08 bits per heavy atom. The summed E-state index contributed by atoms with van der Waals surface area (Å²) in [5.74, 6) is -1.09. The number of rotatable bonds is 6. The van der Waals surface area contributed by atoms with Crippen molar-refractivity contribution in [2.45, 2.75) is 0 Å². The van der Waals surface area contributed by atoms with Gasteiger partial charge in [0, 0.05) is 29.5 Å². The molecule has 24 heavy (non-hydrogen) atoms.